The fourth-order valence-electron chi connectivity index (χ4n) is 1.49. The zero-order valence-electron chi connectivity index (χ0n) is 11.1. The van der Waals surface area contributed by atoms with Crippen molar-refractivity contribution in [2.45, 2.75) is 38.6 Å². The van der Waals surface area contributed by atoms with E-state index in [0.29, 0.717) is 0 Å². The Labute approximate surface area is 123 Å². The Morgan fingerprint density at radius 3 is 1.95 bits per heavy atom. The molecule has 0 radical (unpaired) electrons. The number of hydrogen-bond acceptors (Lipinski definition) is 8. The highest BCUT2D eigenvalue weighted by atomic mass is 79.9. The van der Waals surface area contributed by atoms with Crippen molar-refractivity contribution >= 4 is 40.3 Å². The van der Waals surface area contributed by atoms with Crippen molar-refractivity contribution in [3.8, 4) is 0 Å². The summed E-state index contributed by atoms with van der Waals surface area (Å²) in [5.74, 6) is -2.45. The molecule has 9 heteroatoms. The van der Waals surface area contributed by atoms with Crippen LogP contribution < -0.4 is 0 Å². The molecule has 20 heavy (non-hydrogen) atoms. The molecule has 0 bridgehead atoms. The fourth-order valence-corrected chi connectivity index (χ4v) is 1.98. The maximum absolute atomic E-state index is 11.7. The van der Waals surface area contributed by atoms with Crippen LogP contribution in [0.25, 0.3) is 0 Å². The first-order valence-electron chi connectivity index (χ1n) is 5.47. The molecule has 0 aliphatic heterocycles. The Bertz CT molecular complexity index is 396. The van der Waals surface area contributed by atoms with Gasteiger partial charge in [0.05, 0.1) is 6.61 Å². The lowest BCUT2D eigenvalue weighted by atomic mass is 9.90. The molecule has 0 spiro atoms. The Morgan fingerprint density at radius 2 is 1.70 bits per heavy atom. The van der Waals surface area contributed by atoms with E-state index in [1.54, 1.807) is 0 Å². The summed E-state index contributed by atoms with van der Waals surface area (Å²) in [6.07, 6.45) is -2.98. The minimum Gasteiger partial charge on any atom is -0.456 e. The summed E-state index contributed by atoms with van der Waals surface area (Å²) in [5, 5.41) is 9.23. The van der Waals surface area contributed by atoms with Gasteiger partial charge in [-0.2, -0.15) is 0 Å². The van der Waals surface area contributed by atoms with Crippen molar-refractivity contribution in [2.75, 3.05) is 6.61 Å². The predicted molar refractivity (Wildman–Crippen MR) is 67.7 cm³/mol. The van der Waals surface area contributed by atoms with Gasteiger partial charge in [-0.05, 0) is 6.92 Å². The number of carbonyl (C=O) groups excluding carboxylic acids is 4. The van der Waals surface area contributed by atoms with E-state index in [2.05, 4.69) is 16.3 Å². The normalized spacial score (nSPS) is 16.4. The lowest BCUT2D eigenvalue weighted by Crippen LogP contribution is -2.59. The van der Waals surface area contributed by atoms with Crippen LogP contribution in [0.15, 0.2) is 0 Å². The average Bonchev–Trinajstić information content (AvgIpc) is 2.35. The van der Waals surface area contributed by atoms with E-state index < -0.39 is 42.1 Å². The quantitative estimate of drug-likeness (QED) is 0.358. The van der Waals surface area contributed by atoms with Gasteiger partial charge >= 0.3 is 11.9 Å². The first-order valence-corrected chi connectivity index (χ1v) is 6.12. The highest BCUT2D eigenvalue weighted by molar-refractivity contribution is 9.06. The van der Waals surface area contributed by atoms with Crippen LogP contribution >= 0.6 is 16.3 Å². The summed E-state index contributed by atoms with van der Waals surface area (Å²) in [4.78, 5) is 45.0. The number of ether oxygens (including phenoxy) is 2. The summed E-state index contributed by atoms with van der Waals surface area (Å²) in [5.41, 5.74) is -2.24. The Kier molecular flexibility index (Phi) is 7.54. The van der Waals surface area contributed by atoms with Crippen LogP contribution in [0.4, 0.5) is 0 Å². The van der Waals surface area contributed by atoms with E-state index in [9.17, 15) is 24.3 Å². The summed E-state index contributed by atoms with van der Waals surface area (Å²) in [6, 6.07) is 0. The molecule has 0 saturated heterocycles. The minimum absolute atomic E-state index is 0.101. The lowest BCUT2D eigenvalue weighted by Gasteiger charge is -2.34. The number of Topliss-reactive ketones (excluding diaryl/α,β-unsaturated/α-hetero) is 1. The van der Waals surface area contributed by atoms with Gasteiger partial charge in [-0.25, -0.2) is 0 Å². The maximum Gasteiger partial charge on any atom is 0.303 e. The van der Waals surface area contributed by atoms with Crippen molar-refractivity contribution in [1.82, 2.24) is 0 Å². The van der Waals surface area contributed by atoms with Gasteiger partial charge < -0.3 is 14.6 Å². The molecule has 3 atom stereocenters. The SMILES string of the molecule is CC(=O)O[C@H]([C@@H](CO)OC(C)=O)[C@](C=O)(OBr)C(C)=O. The van der Waals surface area contributed by atoms with Crippen molar-refractivity contribution in [2.24, 2.45) is 0 Å². The smallest absolute Gasteiger partial charge is 0.303 e. The van der Waals surface area contributed by atoms with Crippen LogP contribution in [0.2, 0.25) is 0 Å². The van der Waals surface area contributed by atoms with E-state index in [4.69, 9.17) is 13.3 Å². The molecule has 0 aliphatic rings. The van der Waals surface area contributed by atoms with E-state index in [-0.39, 0.29) is 6.29 Å². The molecule has 114 valence electrons. The third-order valence-electron chi connectivity index (χ3n) is 2.40. The molecule has 0 fully saturated rings. The first-order chi connectivity index (χ1) is 9.24. The Hall–Kier alpha value is -1.32. The molecule has 0 rings (SSSR count). The van der Waals surface area contributed by atoms with Gasteiger partial charge in [0.15, 0.2) is 24.3 Å². The third-order valence-corrected chi connectivity index (χ3v) is 2.94. The molecule has 0 amide bonds. The number of ketones is 1. The van der Waals surface area contributed by atoms with Gasteiger partial charge in [-0.3, -0.25) is 23.0 Å². The Balaban J connectivity index is 5.70. The molecule has 0 saturated carbocycles. The number of aliphatic hydroxyl groups excluding tert-OH is 1. The molecular formula is C11H15BrO8. The Morgan fingerprint density at radius 1 is 1.20 bits per heavy atom. The van der Waals surface area contributed by atoms with Crippen molar-refractivity contribution in [3.05, 3.63) is 0 Å². The minimum atomic E-state index is -2.24. The standard InChI is InChI=1S/C11H15BrO8/c1-6(15)11(5-14,20-12)10(19-8(3)17)9(4-13)18-7(2)16/h5,9-10,13H,4H2,1-3H3/t9-,10-,11-/m1/s1. The highest BCUT2D eigenvalue weighted by Gasteiger charge is 2.52. The second kappa shape index (κ2) is 8.08. The second-order valence-corrected chi connectivity index (χ2v) is 4.23. The molecular weight excluding hydrogens is 340 g/mol. The summed E-state index contributed by atoms with van der Waals surface area (Å²) >= 11 is 2.52. The molecule has 8 nitrogen and oxygen atoms in total. The number of aliphatic hydroxyl groups is 1. The van der Waals surface area contributed by atoms with Crippen LogP contribution in [0.3, 0.4) is 0 Å². The number of esters is 2. The van der Waals surface area contributed by atoms with Gasteiger partial charge in [-0.1, -0.05) is 0 Å². The molecule has 0 aromatic rings. The zero-order chi connectivity index (χ0) is 15.9. The first kappa shape index (κ1) is 18.7. The van der Waals surface area contributed by atoms with Crippen molar-refractivity contribution in [1.29, 1.82) is 0 Å². The van der Waals surface area contributed by atoms with Gasteiger partial charge in [0.1, 0.15) is 16.3 Å². The summed E-state index contributed by atoms with van der Waals surface area (Å²) < 4.78 is 14.3. The van der Waals surface area contributed by atoms with Crippen molar-refractivity contribution in [3.63, 3.8) is 0 Å². The van der Waals surface area contributed by atoms with Gasteiger partial charge in [0.25, 0.3) is 0 Å². The number of hydrogen-bond donors (Lipinski definition) is 1. The molecule has 0 aliphatic carbocycles. The maximum atomic E-state index is 11.7. The fraction of sp³-hybridized carbons (Fsp3) is 0.636. The average molecular weight is 355 g/mol. The van der Waals surface area contributed by atoms with E-state index >= 15 is 0 Å². The van der Waals surface area contributed by atoms with E-state index in [1.807, 2.05) is 0 Å². The molecule has 0 aromatic carbocycles. The van der Waals surface area contributed by atoms with Crippen LogP contribution in [-0.2, 0) is 32.5 Å². The van der Waals surface area contributed by atoms with Gasteiger partial charge in [0, 0.05) is 13.8 Å². The van der Waals surface area contributed by atoms with Crippen molar-refractivity contribution < 1.29 is 37.6 Å². The molecule has 1 N–H and O–H groups in total. The number of aldehydes is 1. The molecule has 0 unspecified atom stereocenters. The van der Waals surface area contributed by atoms with Crippen LogP contribution in [-0.4, -0.2) is 53.5 Å². The van der Waals surface area contributed by atoms with Crippen LogP contribution in [0.5, 0.6) is 0 Å². The van der Waals surface area contributed by atoms with Crippen LogP contribution in [0.1, 0.15) is 20.8 Å². The third kappa shape index (κ3) is 4.36. The summed E-state index contributed by atoms with van der Waals surface area (Å²) in [7, 11) is 0. The summed E-state index contributed by atoms with van der Waals surface area (Å²) in [6.45, 7) is 2.32. The lowest BCUT2D eigenvalue weighted by molar-refractivity contribution is -0.187. The zero-order valence-corrected chi connectivity index (χ0v) is 12.7. The number of carbonyl (C=O) groups is 4. The van der Waals surface area contributed by atoms with Gasteiger partial charge in [-0.15, -0.1) is 0 Å². The van der Waals surface area contributed by atoms with Crippen LogP contribution in [0, 0.1) is 0 Å². The van der Waals surface area contributed by atoms with Gasteiger partial charge in [0.2, 0.25) is 5.60 Å². The monoisotopic (exact) mass is 354 g/mol. The van der Waals surface area contributed by atoms with E-state index in [0.717, 1.165) is 20.8 Å². The number of rotatable bonds is 8. The predicted octanol–water partition coefficient (Wildman–Crippen LogP) is -0.305. The highest BCUT2D eigenvalue weighted by Crippen LogP contribution is 2.26. The second-order valence-electron chi connectivity index (χ2n) is 3.90. The van der Waals surface area contributed by atoms with E-state index in [1.165, 1.54) is 0 Å². The molecule has 0 aromatic heterocycles. The molecule has 0 heterocycles. The topological polar surface area (TPSA) is 116 Å². The largest absolute Gasteiger partial charge is 0.456 e. The number of halogens is 1.